The largest absolute Gasteiger partial charge is 0.143 e. The predicted octanol–water partition coefficient (Wildman–Crippen LogP) is 15.3. The standard InChI is InChI=1S/C38H56S4/c1-3-5-7-9-11-13-15-17-19-21-23-31-33(41-35-27-29-39-37(31)35)25-26-34-32(38-36(42-34)28-30-40-38)24-22-20-18-16-14-12-10-8-6-4-2/h25-30H,3-24H2,1-2H3/b26-25+. The summed E-state index contributed by atoms with van der Waals surface area (Å²) in [5.41, 5.74) is 3.24. The Morgan fingerprint density at radius 1 is 0.452 bits per heavy atom. The van der Waals surface area contributed by atoms with Crippen molar-refractivity contribution in [1.82, 2.24) is 0 Å². The summed E-state index contributed by atoms with van der Waals surface area (Å²) in [4.78, 5) is 3.02. The molecule has 0 saturated heterocycles. The van der Waals surface area contributed by atoms with E-state index in [2.05, 4.69) is 48.9 Å². The molecule has 0 aliphatic carbocycles. The van der Waals surface area contributed by atoms with Crippen molar-refractivity contribution in [2.45, 2.75) is 155 Å². The summed E-state index contributed by atoms with van der Waals surface area (Å²) in [6, 6.07) is 4.67. The van der Waals surface area contributed by atoms with Crippen LogP contribution in [0.2, 0.25) is 0 Å². The van der Waals surface area contributed by atoms with Gasteiger partial charge < -0.3 is 0 Å². The quantitative estimate of drug-likeness (QED) is 0.0668. The van der Waals surface area contributed by atoms with Gasteiger partial charge in [-0.2, -0.15) is 0 Å². The van der Waals surface area contributed by atoms with Crippen LogP contribution >= 0.6 is 45.3 Å². The van der Waals surface area contributed by atoms with E-state index < -0.39 is 0 Å². The molecule has 0 saturated carbocycles. The zero-order valence-corrected chi connectivity index (χ0v) is 29.9. The summed E-state index contributed by atoms with van der Waals surface area (Å²) < 4.78 is 6.07. The van der Waals surface area contributed by atoms with Gasteiger partial charge in [0.05, 0.1) is 0 Å². The van der Waals surface area contributed by atoms with E-state index in [-0.39, 0.29) is 0 Å². The van der Waals surface area contributed by atoms with Gasteiger partial charge in [-0.25, -0.2) is 0 Å². The van der Waals surface area contributed by atoms with E-state index in [0.717, 1.165) is 0 Å². The lowest BCUT2D eigenvalue weighted by molar-refractivity contribution is 0.556. The number of hydrogen-bond donors (Lipinski definition) is 0. The van der Waals surface area contributed by atoms with Crippen LogP contribution in [-0.2, 0) is 12.8 Å². The molecule has 0 N–H and O–H groups in total. The van der Waals surface area contributed by atoms with E-state index in [1.807, 2.05) is 45.3 Å². The molecule has 4 heterocycles. The molecule has 4 rings (SSSR count). The van der Waals surface area contributed by atoms with Gasteiger partial charge in [-0.3, -0.25) is 0 Å². The van der Waals surface area contributed by atoms with E-state index in [9.17, 15) is 0 Å². The van der Waals surface area contributed by atoms with Crippen molar-refractivity contribution in [3.8, 4) is 0 Å². The summed E-state index contributed by atoms with van der Waals surface area (Å²) in [7, 11) is 0. The molecule has 4 aromatic heterocycles. The number of aryl methyl sites for hydroxylation is 2. The fourth-order valence-corrected chi connectivity index (χ4v) is 11.0. The van der Waals surface area contributed by atoms with Gasteiger partial charge in [-0.1, -0.05) is 129 Å². The number of fused-ring (bicyclic) bond motifs is 2. The Morgan fingerprint density at radius 3 is 1.14 bits per heavy atom. The first-order valence-corrected chi connectivity index (χ1v) is 20.9. The lowest BCUT2D eigenvalue weighted by Gasteiger charge is -2.04. The summed E-state index contributed by atoms with van der Waals surface area (Å²) >= 11 is 7.92. The Hall–Kier alpha value is -0.940. The SMILES string of the molecule is CCCCCCCCCCCCc1c(/C=C/c2sc3ccsc3c2CCCCCCCCCCCC)sc2ccsc12. The Bertz CT molecular complexity index is 1180. The molecule has 0 atom stereocenters. The first-order valence-electron chi connectivity index (χ1n) is 17.5. The molecule has 0 unspecified atom stereocenters. The van der Waals surface area contributed by atoms with Crippen LogP contribution in [0.5, 0.6) is 0 Å². The maximum Gasteiger partial charge on any atom is 0.0488 e. The van der Waals surface area contributed by atoms with Crippen LogP contribution in [-0.4, -0.2) is 0 Å². The molecule has 0 aliphatic rings. The number of unbranched alkanes of at least 4 members (excludes halogenated alkanes) is 18. The fraction of sp³-hybridized carbons (Fsp3) is 0.632. The first kappa shape index (κ1) is 33.9. The highest BCUT2D eigenvalue weighted by molar-refractivity contribution is 7.28. The predicted molar refractivity (Wildman–Crippen MR) is 199 cm³/mol. The Balaban J connectivity index is 1.27. The topological polar surface area (TPSA) is 0 Å². The van der Waals surface area contributed by atoms with Crippen LogP contribution in [0.1, 0.15) is 163 Å². The molecule has 0 nitrogen and oxygen atoms in total. The normalized spacial score (nSPS) is 12.1. The van der Waals surface area contributed by atoms with Crippen molar-refractivity contribution >= 4 is 76.3 Å². The van der Waals surface area contributed by atoms with E-state index in [1.165, 1.54) is 160 Å². The lowest BCUT2D eigenvalue weighted by Crippen LogP contribution is -1.88. The van der Waals surface area contributed by atoms with Gasteiger partial charge in [0.15, 0.2) is 0 Å². The third-order valence-electron chi connectivity index (χ3n) is 8.79. The second kappa shape index (κ2) is 20.2. The fourth-order valence-electron chi connectivity index (χ4n) is 6.25. The van der Waals surface area contributed by atoms with Crippen molar-refractivity contribution < 1.29 is 0 Å². The second-order valence-corrected chi connectivity index (χ2v) is 16.3. The smallest absolute Gasteiger partial charge is 0.0488 e. The van der Waals surface area contributed by atoms with Gasteiger partial charge in [0.25, 0.3) is 0 Å². The highest BCUT2D eigenvalue weighted by atomic mass is 32.1. The summed E-state index contributed by atoms with van der Waals surface area (Å²) in [6.07, 6.45) is 35.6. The molecule has 4 heteroatoms. The van der Waals surface area contributed by atoms with Crippen molar-refractivity contribution in [3.05, 3.63) is 43.8 Å². The van der Waals surface area contributed by atoms with Crippen molar-refractivity contribution in [2.24, 2.45) is 0 Å². The molecule has 0 radical (unpaired) electrons. The van der Waals surface area contributed by atoms with Gasteiger partial charge in [0, 0.05) is 28.6 Å². The molecule has 0 spiro atoms. The van der Waals surface area contributed by atoms with E-state index >= 15 is 0 Å². The summed E-state index contributed by atoms with van der Waals surface area (Å²) in [6.45, 7) is 4.61. The van der Waals surface area contributed by atoms with Gasteiger partial charge in [0.1, 0.15) is 0 Å². The minimum Gasteiger partial charge on any atom is -0.143 e. The number of hydrogen-bond acceptors (Lipinski definition) is 4. The molecule has 0 aliphatic heterocycles. The van der Waals surface area contributed by atoms with Crippen molar-refractivity contribution in [2.75, 3.05) is 0 Å². The molecule has 42 heavy (non-hydrogen) atoms. The van der Waals surface area contributed by atoms with Crippen LogP contribution in [0.25, 0.3) is 31.0 Å². The monoisotopic (exact) mass is 640 g/mol. The summed E-state index contributed by atoms with van der Waals surface area (Å²) in [5.74, 6) is 0. The molecule has 0 aromatic carbocycles. The zero-order valence-electron chi connectivity index (χ0n) is 26.7. The zero-order chi connectivity index (χ0) is 29.2. The van der Waals surface area contributed by atoms with Crippen LogP contribution in [0.3, 0.4) is 0 Å². The Kier molecular flexibility index (Phi) is 16.3. The van der Waals surface area contributed by atoms with Crippen LogP contribution in [0, 0.1) is 0 Å². The van der Waals surface area contributed by atoms with Gasteiger partial charge in [-0.15, -0.1) is 45.3 Å². The highest BCUT2D eigenvalue weighted by Gasteiger charge is 2.14. The van der Waals surface area contributed by atoms with Crippen molar-refractivity contribution in [1.29, 1.82) is 0 Å². The minimum absolute atomic E-state index is 1.24. The van der Waals surface area contributed by atoms with Crippen molar-refractivity contribution in [3.63, 3.8) is 0 Å². The molecule has 0 fully saturated rings. The number of rotatable bonds is 24. The molecule has 0 bridgehead atoms. The maximum atomic E-state index is 2.47. The maximum absolute atomic E-state index is 2.47. The average Bonchev–Trinajstić information content (AvgIpc) is 3.77. The number of thiophene rings is 4. The third-order valence-corrected chi connectivity index (χ3v) is 13.3. The van der Waals surface area contributed by atoms with Gasteiger partial charge in [0.2, 0.25) is 0 Å². The Morgan fingerprint density at radius 2 is 0.786 bits per heavy atom. The van der Waals surface area contributed by atoms with Gasteiger partial charge in [-0.05, 0) is 71.9 Å². The van der Waals surface area contributed by atoms with Crippen LogP contribution in [0.4, 0.5) is 0 Å². The average molecular weight is 641 g/mol. The first-order chi connectivity index (χ1) is 20.8. The molecular weight excluding hydrogens is 585 g/mol. The van der Waals surface area contributed by atoms with Crippen LogP contribution < -0.4 is 0 Å². The molecular formula is C38H56S4. The summed E-state index contributed by atoms with van der Waals surface area (Å²) in [5, 5.41) is 4.57. The van der Waals surface area contributed by atoms with E-state index in [0.29, 0.717) is 0 Å². The molecule has 232 valence electrons. The molecule has 4 aromatic rings. The lowest BCUT2D eigenvalue weighted by atomic mass is 10.0. The van der Waals surface area contributed by atoms with Crippen LogP contribution in [0.15, 0.2) is 22.9 Å². The van der Waals surface area contributed by atoms with Gasteiger partial charge >= 0.3 is 0 Å². The minimum atomic E-state index is 1.24. The van der Waals surface area contributed by atoms with E-state index in [1.54, 1.807) is 20.5 Å². The third kappa shape index (κ3) is 10.9. The highest BCUT2D eigenvalue weighted by Crippen LogP contribution is 2.40. The second-order valence-electron chi connectivity index (χ2n) is 12.3. The Labute approximate surface area is 273 Å². The van der Waals surface area contributed by atoms with E-state index in [4.69, 9.17) is 0 Å². The molecule has 0 amide bonds.